The molecule has 0 radical (unpaired) electrons. The number of hydrogen-bond acceptors (Lipinski definition) is 10. The van der Waals surface area contributed by atoms with E-state index in [4.69, 9.17) is 23.3 Å². The SMILES string of the molecule is CCCCCCCCCCCCCCCCCC(=O)OCC(COCC(O)COP(=O)([O-])OCC[N+](C)(C)C)OC(=O)CCCCCCCCCCCCCCCCC. The molecule has 11 nitrogen and oxygen atoms in total. The summed E-state index contributed by atoms with van der Waals surface area (Å²) >= 11 is 0. The van der Waals surface area contributed by atoms with Crippen molar-refractivity contribution < 1.29 is 51.9 Å². The second-order valence-electron chi connectivity index (χ2n) is 18.0. The maximum Gasteiger partial charge on any atom is 0.306 e. The summed E-state index contributed by atoms with van der Waals surface area (Å²) in [4.78, 5) is 37.4. The fourth-order valence-corrected chi connectivity index (χ4v) is 7.66. The van der Waals surface area contributed by atoms with Crippen molar-refractivity contribution in [2.75, 3.05) is 60.7 Å². The Bertz CT molecular complexity index is 994. The van der Waals surface area contributed by atoms with Gasteiger partial charge >= 0.3 is 11.9 Å². The quantitative estimate of drug-likeness (QED) is 0.0272. The number of hydrogen-bond donors (Lipinski definition) is 1. The van der Waals surface area contributed by atoms with E-state index in [9.17, 15) is 24.2 Å². The van der Waals surface area contributed by atoms with E-state index < -0.39 is 26.6 Å². The third kappa shape index (κ3) is 44.8. The van der Waals surface area contributed by atoms with Crippen molar-refractivity contribution in [3.8, 4) is 0 Å². The van der Waals surface area contributed by atoms with Crippen LogP contribution in [-0.4, -0.2) is 94.5 Å². The second kappa shape index (κ2) is 41.0. The highest BCUT2D eigenvalue weighted by Crippen LogP contribution is 2.38. The van der Waals surface area contributed by atoms with Gasteiger partial charge < -0.3 is 37.7 Å². The molecule has 59 heavy (non-hydrogen) atoms. The van der Waals surface area contributed by atoms with Crippen LogP contribution in [0.4, 0.5) is 0 Å². The summed E-state index contributed by atoms with van der Waals surface area (Å²) in [7, 11) is 1.15. The zero-order valence-electron chi connectivity index (χ0n) is 39.0. The lowest BCUT2D eigenvalue weighted by Gasteiger charge is -2.27. The van der Waals surface area contributed by atoms with E-state index in [0.717, 1.165) is 38.5 Å². The molecule has 0 heterocycles. The van der Waals surface area contributed by atoms with E-state index in [-0.39, 0.29) is 44.8 Å². The smallest absolute Gasteiger partial charge is 0.306 e. The molecule has 1 N–H and O–H groups in total. The van der Waals surface area contributed by atoms with Crippen LogP contribution < -0.4 is 4.89 Å². The fourth-order valence-electron chi connectivity index (χ4n) is 6.93. The van der Waals surface area contributed by atoms with Crippen molar-refractivity contribution >= 4 is 19.8 Å². The molecule has 0 aliphatic rings. The van der Waals surface area contributed by atoms with Gasteiger partial charge in [0, 0.05) is 12.8 Å². The van der Waals surface area contributed by atoms with Gasteiger partial charge in [-0.25, -0.2) is 0 Å². The van der Waals surface area contributed by atoms with E-state index in [1.165, 1.54) is 154 Å². The number of unbranched alkanes of at least 4 members (excludes halogenated alkanes) is 28. The number of aliphatic hydroxyl groups is 1. The Morgan fingerprint density at radius 1 is 0.525 bits per heavy atom. The Kier molecular flexibility index (Phi) is 40.2. The summed E-state index contributed by atoms with van der Waals surface area (Å²) in [5, 5.41) is 10.3. The molecule has 352 valence electrons. The van der Waals surface area contributed by atoms with Crippen LogP contribution in [-0.2, 0) is 37.4 Å². The average Bonchev–Trinajstić information content (AvgIpc) is 3.18. The Morgan fingerprint density at radius 2 is 0.898 bits per heavy atom. The van der Waals surface area contributed by atoms with Crippen molar-refractivity contribution in [3.63, 3.8) is 0 Å². The first-order valence-corrected chi connectivity index (χ1v) is 25.9. The zero-order valence-corrected chi connectivity index (χ0v) is 39.9. The van der Waals surface area contributed by atoms with Gasteiger partial charge in [-0.1, -0.05) is 194 Å². The van der Waals surface area contributed by atoms with Crippen LogP contribution in [0.25, 0.3) is 0 Å². The molecule has 0 bridgehead atoms. The van der Waals surface area contributed by atoms with E-state index in [1.54, 1.807) is 0 Å². The van der Waals surface area contributed by atoms with Gasteiger partial charge in [-0.3, -0.25) is 14.2 Å². The maximum atomic E-state index is 12.8. The lowest BCUT2D eigenvalue weighted by atomic mass is 10.0. The van der Waals surface area contributed by atoms with Gasteiger partial charge in [0.1, 0.15) is 25.9 Å². The number of nitrogens with zero attached hydrogens (tertiary/aromatic N) is 1. The van der Waals surface area contributed by atoms with Crippen LogP contribution in [0.3, 0.4) is 0 Å². The predicted molar refractivity (Wildman–Crippen MR) is 239 cm³/mol. The summed E-state index contributed by atoms with van der Waals surface area (Å²) < 4.78 is 39.0. The van der Waals surface area contributed by atoms with E-state index in [2.05, 4.69) is 13.8 Å². The van der Waals surface area contributed by atoms with Crippen LogP contribution in [0.1, 0.15) is 219 Å². The van der Waals surface area contributed by atoms with Gasteiger partial charge in [0.15, 0.2) is 6.10 Å². The van der Waals surface area contributed by atoms with Gasteiger partial charge in [0.2, 0.25) is 0 Å². The van der Waals surface area contributed by atoms with Gasteiger partial charge in [-0.05, 0) is 12.8 Å². The summed E-state index contributed by atoms with van der Waals surface area (Å²) in [5.74, 6) is -0.720. The van der Waals surface area contributed by atoms with Crippen LogP contribution in [0.5, 0.6) is 0 Å². The average molecular weight is 864 g/mol. The number of carbonyl (C=O) groups excluding carboxylic acids is 2. The van der Waals surface area contributed by atoms with E-state index in [1.807, 2.05) is 21.1 Å². The van der Waals surface area contributed by atoms with E-state index >= 15 is 0 Å². The molecular formula is C47H94NO10P. The molecule has 0 amide bonds. The van der Waals surface area contributed by atoms with Crippen molar-refractivity contribution in [2.45, 2.75) is 232 Å². The van der Waals surface area contributed by atoms with Gasteiger partial charge in [0.05, 0.1) is 41.0 Å². The molecule has 0 fully saturated rings. The minimum absolute atomic E-state index is 0.0402. The molecule has 0 spiro atoms. The molecule has 12 heteroatoms. The van der Waals surface area contributed by atoms with Crippen LogP contribution >= 0.6 is 7.82 Å². The summed E-state index contributed by atoms with van der Waals surface area (Å²) in [5.41, 5.74) is 0. The van der Waals surface area contributed by atoms with Crippen molar-refractivity contribution in [1.29, 1.82) is 0 Å². The number of carbonyl (C=O) groups is 2. The molecule has 3 unspecified atom stereocenters. The minimum atomic E-state index is -4.59. The molecule has 0 aromatic rings. The first kappa shape index (κ1) is 57.9. The molecule has 3 atom stereocenters. The van der Waals surface area contributed by atoms with Crippen molar-refractivity contribution in [2.24, 2.45) is 0 Å². The normalized spacial score (nSPS) is 13.9. The third-order valence-electron chi connectivity index (χ3n) is 10.7. The molecular weight excluding hydrogens is 769 g/mol. The lowest BCUT2D eigenvalue weighted by molar-refractivity contribution is -0.870. The van der Waals surface area contributed by atoms with Gasteiger partial charge in [-0.15, -0.1) is 0 Å². The summed E-state index contributed by atoms with van der Waals surface area (Å²) in [6, 6.07) is 0. The molecule has 0 saturated heterocycles. The molecule has 0 aromatic carbocycles. The van der Waals surface area contributed by atoms with Gasteiger partial charge in [0.25, 0.3) is 7.82 Å². The summed E-state index contributed by atoms with van der Waals surface area (Å²) in [6.45, 7) is 3.87. The highest BCUT2D eigenvalue weighted by atomic mass is 31.2. The molecule has 0 aliphatic carbocycles. The fraction of sp³-hybridized carbons (Fsp3) is 0.957. The number of likely N-dealkylation sites (N-methyl/N-ethyl adjacent to an activating group) is 1. The largest absolute Gasteiger partial charge is 0.756 e. The Balaban J connectivity index is 4.44. The predicted octanol–water partition coefficient (Wildman–Crippen LogP) is 11.5. The maximum absolute atomic E-state index is 12.8. The summed E-state index contributed by atoms with van der Waals surface area (Å²) in [6.07, 6.45) is 35.9. The first-order chi connectivity index (χ1) is 28.4. The highest BCUT2D eigenvalue weighted by Gasteiger charge is 2.20. The van der Waals surface area contributed by atoms with Crippen molar-refractivity contribution in [1.82, 2.24) is 0 Å². The Labute approximate surface area is 363 Å². The second-order valence-corrected chi connectivity index (χ2v) is 19.4. The number of phosphoric ester groups is 1. The number of esters is 2. The molecule has 0 saturated carbocycles. The van der Waals surface area contributed by atoms with Gasteiger partial charge in [-0.2, -0.15) is 0 Å². The Hall–Kier alpha value is -1.07. The standard InChI is InChI=1S/C47H94NO10P/c1-6-8-10-12-14-16-18-20-22-24-26-28-30-32-34-36-46(50)55-43-45(42-54-40-44(49)41-57-59(52,53)56-39-38-48(3,4)5)58-47(51)37-35-33-31-29-27-25-23-21-19-17-15-13-11-9-7-2/h44-45,49H,6-43H2,1-5H3. The van der Waals surface area contributed by atoms with Crippen molar-refractivity contribution in [3.05, 3.63) is 0 Å². The molecule has 0 rings (SSSR count). The topological polar surface area (TPSA) is 141 Å². The minimum Gasteiger partial charge on any atom is -0.756 e. The number of aliphatic hydroxyl groups excluding tert-OH is 1. The van der Waals surface area contributed by atoms with Crippen LogP contribution in [0.2, 0.25) is 0 Å². The Morgan fingerprint density at radius 3 is 1.29 bits per heavy atom. The lowest BCUT2D eigenvalue weighted by Crippen LogP contribution is -2.37. The monoisotopic (exact) mass is 864 g/mol. The number of rotatable bonds is 46. The van der Waals surface area contributed by atoms with Crippen LogP contribution in [0.15, 0.2) is 0 Å². The highest BCUT2D eigenvalue weighted by molar-refractivity contribution is 7.45. The molecule has 0 aliphatic heterocycles. The molecule has 0 aromatic heterocycles. The van der Waals surface area contributed by atoms with Crippen LogP contribution in [0, 0.1) is 0 Å². The van der Waals surface area contributed by atoms with E-state index in [0.29, 0.717) is 17.4 Å². The number of ether oxygens (including phenoxy) is 3. The first-order valence-electron chi connectivity index (χ1n) is 24.4. The zero-order chi connectivity index (χ0) is 43.7. The third-order valence-corrected chi connectivity index (χ3v) is 11.7. The number of quaternary nitrogens is 1. The number of phosphoric acid groups is 1.